The minimum Gasteiger partial charge on any atom is -0.481 e. The number of halogens is 1. The molecule has 1 aliphatic carbocycles. The van der Waals surface area contributed by atoms with Crippen LogP contribution in [0.1, 0.15) is 44.6 Å². The zero-order valence-corrected chi connectivity index (χ0v) is 12.8. The normalized spacial score (nSPS) is 16.5. The van der Waals surface area contributed by atoms with Crippen molar-refractivity contribution in [1.29, 1.82) is 0 Å². The van der Waals surface area contributed by atoms with Crippen LogP contribution in [0.25, 0.3) is 0 Å². The number of hydrogen-bond acceptors (Lipinski definition) is 2. The smallest absolute Gasteiger partial charge is 0.305 e. The Hall–Kier alpha value is -1.91. The van der Waals surface area contributed by atoms with Gasteiger partial charge in [0.05, 0.1) is 11.8 Å². The molecule has 1 aromatic carbocycles. The van der Waals surface area contributed by atoms with Gasteiger partial charge in [0.2, 0.25) is 5.91 Å². The number of aliphatic carboxylic acids is 1. The number of carbonyl (C=O) groups excluding carboxylic acids is 1. The highest BCUT2D eigenvalue weighted by molar-refractivity contribution is 5.89. The van der Waals surface area contributed by atoms with E-state index in [1.165, 1.54) is 12.1 Å². The maximum absolute atomic E-state index is 13.6. The van der Waals surface area contributed by atoms with Crippen molar-refractivity contribution in [3.8, 4) is 0 Å². The van der Waals surface area contributed by atoms with Crippen LogP contribution in [0.5, 0.6) is 0 Å². The van der Waals surface area contributed by atoms with Gasteiger partial charge in [-0.3, -0.25) is 9.59 Å². The number of carbonyl (C=O) groups is 2. The van der Waals surface area contributed by atoms with Crippen LogP contribution in [0, 0.1) is 5.82 Å². The summed E-state index contributed by atoms with van der Waals surface area (Å²) in [5.41, 5.74) is 0.0140. The topological polar surface area (TPSA) is 57.6 Å². The molecule has 1 aliphatic rings. The lowest BCUT2D eigenvalue weighted by molar-refractivity contribution is -0.140. The van der Waals surface area contributed by atoms with E-state index in [2.05, 4.69) is 0 Å². The van der Waals surface area contributed by atoms with E-state index < -0.39 is 11.4 Å². The second kappa shape index (κ2) is 6.90. The predicted molar refractivity (Wildman–Crippen MR) is 81.1 cm³/mol. The largest absolute Gasteiger partial charge is 0.481 e. The van der Waals surface area contributed by atoms with Crippen molar-refractivity contribution in [1.82, 2.24) is 4.90 Å². The number of carboxylic acid groups (broad SMARTS) is 1. The molecule has 0 unspecified atom stereocenters. The molecule has 0 aromatic heterocycles. The molecule has 22 heavy (non-hydrogen) atoms. The van der Waals surface area contributed by atoms with Crippen LogP contribution < -0.4 is 0 Å². The SMILES string of the molecule is CCN(CCC(=O)O)C(=O)C1(c2cccc(F)c2)CCCC1. The zero-order chi connectivity index (χ0) is 16.2. The molecule has 0 atom stereocenters. The Morgan fingerprint density at radius 1 is 1.32 bits per heavy atom. The number of hydrogen-bond donors (Lipinski definition) is 1. The van der Waals surface area contributed by atoms with Gasteiger partial charge in [0.15, 0.2) is 0 Å². The van der Waals surface area contributed by atoms with E-state index in [-0.39, 0.29) is 24.7 Å². The van der Waals surface area contributed by atoms with Crippen molar-refractivity contribution < 1.29 is 19.1 Å². The van der Waals surface area contributed by atoms with Crippen molar-refractivity contribution in [3.05, 3.63) is 35.6 Å². The van der Waals surface area contributed by atoms with E-state index >= 15 is 0 Å². The summed E-state index contributed by atoms with van der Waals surface area (Å²) in [7, 11) is 0. The summed E-state index contributed by atoms with van der Waals surface area (Å²) in [5.74, 6) is -1.33. The van der Waals surface area contributed by atoms with Crippen molar-refractivity contribution in [2.75, 3.05) is 13.1 Å². The summed E-state index contributed by atoms with van der Waals surface area (Å²) < 4.78 is 13.6. The van der Waals surface area contributed by atoms with Crippen LogP contribution >= 0.6 is 0 Å². The molecule has 2 rings (SSSR count). The molecular formula is C17H22FNO3. The molecule has 0 aliphatic heterocycles. The van der Waals surface area contributed by atoms with Gasteiger partial charge in [-0.25, -0.2) is 4.39 Å². The fourth-order valence-corrected chi connectivity index (χ4v) is 3.33. The van der Waals surface area contributed by atoms with Gasteiger partial charge in [-0.15, -0.1) is 0 Å². The highest BCUT2D eigenvalue weighted by atomic mass is 19.1. The highest BCUT2D eigenvalue weighted by Gasteiger charge is 2.44. The molecule has 0 spiro atoms. The fourth-order valence-electron chi connectivity index (χ4n) is 3.33. The molecule has 5 heteroatoms. The molecular weight excluding hydrogens is 285 g/mol. The first-order valence-corrected chi connectivity index (χ1v) is 7.77. The Bertz CT molecular complexity index is 553. The first kappa shape index (κ1) is 16.5. The monoisotopic (exact) mass is 307 g/mol. The van der Waals surface area contributed by atoms with E-state index in [4.69, 9.17) is 5.11 Å². The van der Waals surface area contributed by atoms with Gasteiger partial charge >= 0.3 is 5.97 Å². The summed E-state index contributed by atoms with van der Waals surface area (Å²) in [6.07, 6.45) is 3.17. The van der Waals surface area contributed by atoms with Gasteiger partial charge in [-0.05, 0) is 37.5 Å². The fraction of sp³-hybridized carbons (Fsp3) is 0.529. The lowest BCUT2D eigenvalue weighted by Crippen LogP contribution is -2.46. The van der Waals surface area contributed by atoms with Crippen LogP contribution in [0.2, 0.25) is 0 Å². The second-order valence-electron chi connectivity index (χ2n) is 5.83. The van der Waals surface area contributed by atoms with Gasteiger partial charge < -0.3 is 10.0 Å². The zero-order valence-electron chi connectivity index (χ0n) is 12.8. The third kappa shape index (κ3) is 3.29. The van der Waals surface area contributed by atoms with Gasteiger partial charge in [0.25, 0.3) is 0 Å². The standard InChI is InChI=1S/C17H22FNO3/c1-2-19(11-8-15(20)21)16(22)17(9-3-4-10-17)13-6-5-7-14(18)12-13/h5-7,12H,2-4,8-11H2,1H3,(H,20,21). The molecule has 120 valence electrons. The minimum absolute atomic E-state index is 0.0700. The Labute approximate surface area is 129 Å². The van der Waals surface area contributed by atoms with E-state index in [9.17, 15) is 14.0 Å². The van der Waals surface area contributed by atoms with Crippen LogP contribution in [-0.4, -0.2) is 35.0 Å². The first-order valence-electron chi connectivity index (χ1n) is 7.77. The number of carboxylic acids is 1. The lowest BCUT2D eigenvalue weighted by atomic mass is 9.77. The summed E-state index contributed by atoms with van der Waals surface area (Å²) >= 11 is 0. The van der Waals surface area contributed by atoms with Crippen molar-refractivity contribution in [3.63, 3.8) is 0 Å². The molecule has 0 saturated heterocycles. The molecule has 1 amide bonds. The van der Waals surface area contributed by atoms with Crippen molar-refractivity contribution in [2.45, 2.75) is 44.4 Å². The molecule has 1 fully saturated rings. The number of benzene rings is 1. The molecule has 0 radical (unpaired) electrons. The van der Waals surface area contributed by atoms with Crippen LogP contribution in [0.4, 0.5) is 4.39 Å². The highest BCUT2D eigenvalue weighted by Crippen LogP contribution is 2.42. The third-order valence-corrected chi connectivity index (χ3v) is 4.51. The van der Waals surface area contributed by atoms with Crippen LogP contribution in [-0.2, 0) is 15.0 Å². The minimum atomic E-state index is -0.919. The summed E-state index contributed by atoms with van der Waals surface area (Å²) in [6.45, 7) is 2.50. The quantitative estimate of drug-likeness (QED) is 0.879. The molecule has 4 nitrogen and oxygen atoms in total. The molecule has 0 heterocycles. The van der Waals surface area contributed by atoms with Crippen molar-refractivity contribution in [2.24, 2.45) is 0 Å². The molecule has 1 aromatic rings. The van der Waals surface area contributed by atoms with Crippen molar-refractivity contribution >= 4 is 11.9 Å². The van der Waals surface area contributed by atoms with Gasteiger partial charge in [0, 0.05) is 13.1 Å². The van der Waals surface area contributed by atoms with Gasteiger partial charge in [-0.2, -0.15) is 0 Å². The summed E-state index contributed by atoms with van der Waals surface area (Å²) in [5, 5.41) is 8.84. The lowest BCUT2D eigenvalue weighted by Gasteiger charge is -2.34. The summed E-state index contributed by atoms with van der Waals surface area (Å²) in [6, 6.07) is 6.25. The first-order chi connectivity index (χ1) is 10.5. The average molecular weight is 307 g/mol. The Morgan fingerprint density at radius 3 is 2.55 bits per heavy atom. The maximum atomic E-state index is 13.6. The third-order valence-electron chi connectivity index (χ3n) is 4.51. The Morgan fingerprint density at radius 2 is 2.00 bits per heavy atom. The van der Waals surface area contributed by atoms with E-state index in [0.29, 0.717) is 24.9 Å². The Balaban J connectivity index is 2.30. The summed E-state index contributed by atoms with van der Waals surface area (Å²) in [4.78, 5) is 25.4. The molecule has 0 bridgehead atoms. The number of nitrogens with zero attached hydrogens (tertiary/aromatic N) is 1. The average Bonchev–Trinajstić information content (AvgIpc) is 2.98. The second-order valence-corrected chi connectivity index (χ2v) is 5.83. The van der Waals surface area contributed by atoms with Gasteiger partial charge in [0.1, 0.15) is 5.82 Å². The number of rotatable bonds is 6. The van der Waals surface area contributed by atoms with E-state index in [0.717, 1.165) is 12.8 Å². The predicted octanol–water partition coefficient (Wildman–Crippen LogP) is 2.96. The van der Waals surface area contributed by atoms with Crippen LogP contribution in [0.15, 0.2) is 24.3 Å². The van der Waals surface area contributed by atoms with E-state index in [1.807, 2.05) is 6.92 Å². The molecule has 1 saturated carbocycles. The molecule has 1 N–H and O–H groups in total. The van der Waals surface area contributed by atoms with Crippen LogP contribution in [0.3, 0.4) is 0 Å². The number of likely N-dealkylation sites (N-methyl/N-ethyl adjacent to an activating group) is 1. The maximum Gasteiger partial charge on any atom is 0.305 e. The Kier molecular flexibility index (Phi) is 5.16. The number of amides is 1. The van der Waals surface area contributed by atoms with E-state index in [1.54, 1.807) is 17.0 Å². The van der Waals surface area contributed by atoms with Gasteiger partial charge in [-0.1, -0.05) is 25.0 Å².